The third-order valence-electron chi connectivity index (χ3n) is 5.63. The van der Waals surface area contributed by atoms with E-state index in [1.54, 1.807) is 0 Å². The highest BCUT2D eigenvalue weighted by molar-refractivity contribution is 5.48. The van der Waals surface area contributed by atoms with Gasteiger partial charge >= 0.3 is 0 Å². The molecule has 0 fully saturated rings. The molecule has 0 aliphatic carbocycles. The molecule has 1 aromatic carbocycles. The van der Waals surface area contributed by atoms with Crippen molar-refractivity contribution in [2.75, 3.05) is 6.61 Å². The van der Waals surface area contributed by atoms with Crippen molar-refractivity contribution in [3.8, 4) is 5.75 Å². The molecule has 0 saturated heterocycles. The molecular weight excluding hydrogens is 340 g/mol. The molecule has 0 saturated carbocycles. The SMILES string of the molecule is C=Cc1ccc(OCCCCCCCCCCCCCCCCCCC)cc1. The van der Waals surface area contributed by atoms with Crippen LogP contribution in [0.1, 0.15) is 122 Å². The number of hydrogen-bond donors (Lipinski definition) is 0. The molecule has 0 bridgehead atoms. The second kappa shape index (κ2) is 19.1. The third-order valence-corrected chi connectivity index (χ3v) is 5.63. The second-order valence-corrected chi connectivity index (χ2v) is 8.28. The topological polar surface area (TPSA) is 9.23 Å². The molecule has 160 valence electrons. The molecule has 0 amide bonds. The summed E-state index contributed by atoms with van der Waals surface area (Å²) in [5, 5.41) is 0. The molecule has 0 aromatic heterocycles. The highest BCUT2D eigenvalue weighted by Crippen LogP contribution is 2.15. The van der Waals surface area contributed by atoms with Crippen molar-refractivity contribution < 1.29 is 4.74 Å². The van der Waals surface area contributed by atoms with Gasteiger partial charge in [-0.25, -0.2) is 0 Å². The molecule has 0 heterocycles. The molecule has 0 spiro atoms. The van der Waals surface area contributed by atoms with Crippen LogP contribution >= 0.6 is 0 Å². The van der Waals surface area contributed by atoms with Crippen molar-refractivity contribution in [3.05, 3.63) is 36.4 Å². The Morgan fingerprint density at radius 1 is 0.607 bits per heavy atom. The fourth-order valence-electron chi connectivity index (χ4n) is 3.72. The van der Waals surface area contributed by atoms with E-state index in [2.05, 4.69) is 25.6 Å². The highest BCUT2D eigenvalue weighted by Gasteiger charge is 1.96. The molecule has 0 aliphatic rings. The lowest BCUT2D eigenvalue weighted by atomic mass is 10.0. The number of benzene rings is 1. The van der Waals surface area contributed by atoms with E-state index in [1.165, 1.54) is 109 Å². The lowest BCUT2D eigenvalue weighted by molar-refractivity contribution is 0.304. The first kappa shape index (κ1) is 24.8. The Morgan fingerprint density at radius 2 is 1.00 bits per heavy atom. The van der Waals surface area contributed by atoms with Crippen molar-refractivity contribution in [2.24, 2.45) is 0 Å². The molecular formula is C27H46O. The second-order valence-electron chi connectivity index (χ2n) is 8.28. The van der Waals surface area contributed by atoms with E-state index >= 15 is 0 Å². The summed E-state index contributed by atoms with van der Waals surface area (Å²) in [5.41, 5.74) is 1.14. The molecule has 0 N–H and O–H groups in total. The van der Waals surface area contributed by atoms with Crippen LogP contribution in [0.5, 0.6) is 5.75 Å². The van der Waals surface area contributed by atoms with Crippen molar-refractivity contribution in [2.45, 2.75) is 116 Å². The van der Waals surface area contributed by atoms with E-state index in [9.17, 15) is 0 Å². The van der Waals surface area contributed by atoms with Crippen molar-refractivity contribution in [1.29, 1.82) is 0 Å². The van der Waals surface area contributed by atoms with Gasteiger partial charge in [0, 0.05) is 0 Å². The smallest absolute Gasteiger partial charge is 0.119 e. The molecule has 0 unspecified atom stereocenters. The van der Waals surface area contributed by atoms with Crippen LogP contribution in [-0.4, -0.2) is 6.61 Å². The van der Waals surface area contributed by atoms with E-state index in [0.29, 0.717) is 0 Å². The molecule has 1 rings (SSSR count). The molecule has 0 aliphatic heterocycles. The molecule has 28 heavy (non-hydrogen) atoms. The van der Waals surface area contributed by atoms with Crippen LogP contribution < -0.4 is 4.74 Å². The quantitative estimate of drug-likeness (QED) is 0.203. The van der Waals surface area contributed by atoms with E-state index in [-0.39, 0.29) is 0 Å². The summed E-state index contributed by atoms with van der Waals surface area (Å²) < 4.78 is 5.80. The number of ether oxygens (including phenoxy) is 1. The Kier molecular flexibility index (Phi) is 16.9. The first-order chi connectivity index (χ1) is 13.9. The van der Waals surface area contributed by atoms with Gasteiger partial charge in [0.25, 0.3) is 0 Å². The van der Waals surface area contributed by atoms with Crippen LogP contribution in [0.3, 0.4) is 0 Å². The zero-order valence-electron chi connectivity index (χ0n) is 18.7. The maximum absolute atomic E-state index is 5.80. The molecule has 0 atom stereocenters. The van der Waals surface area contributed by atoms with Gasteiger partial charge in [-0.1, -0.05) is 134 Å². The van der Waals surface area contributed by atoms with Crippen LogP contribution in [0.15, 0.2) is 30.8 Å². The minimum atomic E-state index is 0.839. The number of unbranched alkanes of at least 4 members (excludes halogenated alkanes) is 16. The Labute approximate surface area is 176 Å². The van der Waals surface area contributed by atoms with Gasteiger partial charge in [0.05, 0.1) is 6.61 Å². The minimum Gasteiger partial charge on any atom is -0.494 e. The zero-order chi connectivity index (χ0) is 20.1. The number of rotatable bonds is 20. The Bertz CT molecular complexity index is 448. The monoisotopic (exact) mass is 386 g/mol. The molecule has 1 heteroatoms. The average Bonchev–Trinajstić information content (AvgIpc) is 2.73. The fraction of sp³-hybridized carbons (Fsp3) is 0.704. The van der Waals surface area contributed by atoms with Crippen molar-refractivity contribution in [1.82, 2.24) is 0 Å². The first-order valence-corrected chi connectivity index (χ1v) is 12.2. The summed E-state index contributed by atoms with van der Waals surface area (Å²) in [7, 11) is 0. The van der Waals surface area contributed by atoms with Gasteiger partial charge in [-0.3, -0.25) is 0 Å². The first-order valence-electron chi connectivity index (χ1n) is 12.2. The van der Waals surface area contributed by atoms with Gasteiger partial charge in [-0.15, -0.1) is 0 Å². The Morgan fingerprint density at radius 3 is 1.39 bits per heavy atom. The summed E-state index contributed by atoms with van der Waals surface area (Å²) in [5.74, 6) is 0.974. The summed E-state index contributed by atoms with van der Waals surface area (Å²) in [6.45, 7) is 6.90. The van der Waals surface area contributed by atoms with E-state index < -0.39 is 0 Å². The lowest BCUT2D eigenvalue weighted by Gasteiger charge is -2.06. The summed E-state index contributed by atoms with van der Waals surface area (Å²) in [6.07, 6.45) is 25.8. The highest BCUT2D eigenvalue weighted by atomic mass is 16.5. The van der Waals surface area contributed by atoms with Crippen LogP contribution in [-0.2, 0) is 0 Å². The van der Waals surface area contributed by atoms with Gasteiger partial charge < -0.3 is 4.74 Å². The Hall–Kier alpha value is -1.24. The molecule has 1 nitrogen and oxygen atoms in total. The molecule has 0 radical (unpaired) electrons. The predicted octanol–water partition coefficient (Wildman–Crippen LogP) is 9.36. The standard InChI is InChI=1S/C27H46O/c1-3-5-6-7-8-9-10-11-12-13-14-15-16-17-18-19-20-25-28-27-23-21-26(4-2)22-24-27/h4,21-24H,2-3,5-20,25H2,1H3. The van der Waals surface area contributed by atoms with Gasteiger partial charge in [-0.05, 0) is 24.1 Å². The van der Waals surface area contributed by atoms with Gasteiger partial charge in [0.1, 0.15) is 5.75 Å². The lowest BCUT2D eigenvalue weighted by Crippen LogP contribution is -1.97. The zero-order valence-corrected chi connectivity index (χ0v) is 18.7. The van der Waals surface area contributed by atoms with E-state index in [4.69, 9.17) is 4.74 Å². The molecule has 1 aromatic rings. The largest absolute Gasteiger partial charge is 0.494 e. The average molecular weight is 387 g/mol. The van der Waals surface area contributed by atoms with Crippen LogP contribution in [0.25, 0.3) is 6.08 Å². The summed E-state index contributed by atoms with van der Waals surface area (Å²) >= 11 is 0. The Balaban J connectivity index is 1.74. The van der Waals surface area contributed by atoms with Gasteiger partial charge in [0.15, 0.2) is 0 Å². The maximum Gasteiger partial charge on any atom is 0.119 e. The third kappa shape index (κ3) is 14.8. The van der Waals surface area contributed by atoms with E-state index in [0.717, 1.165) is 17.9 Å². The van der Waals surface area contributed by atoms with Crippen LogP contribution in [0, 0.1) is 0 Å². The van der Waals surface area contributed by atoms with Crippen molar-refractivity contribution in [3.63, 3.8) is 0 Å². The van der Waals surface area contributed by atoms with Gasteiger partial charge in [0.2, 0.25) is 0 Å². The normalized spacial score (nSPS) is 10.9. The summed E-state index contributed by atoms with van der Waals surface area (Å²) in [6, 6.07) is 8.17. The van der Waals surface area contributed by atoms with Gasteiger partial charge in [-0.2, -0.15) is 0 Å². The van der Waals surface area contributed by atoms with Crippen molar-refractivity contribution >= 4 is 6.08 Å². The van der Waals surface area contributed by atoms with E-state index in [1.807, 2.05) is 18.2 Å². The minimum absolute atomic E-state index is 0.839. The fourth-order valence-corrected chi connectivity index (χ4v) is 3.72. The maximum atomic E-state index is 5.80. The predicted molar refractivity (Wildman–Crippen MR) is 126 cm³/mol. The van der Waals surface area contributed by atoms with Crippen LogP contribution in [0.2, 0.25) is 0 Å². The summed E-state index contributed by atoms with van der Waals surface area (Å²) in [4.78, 5) is 0. The number of hydrogen-bond acceptors (Lipinski definition) is 1. The van der Waals surface area contributed by atoms with Crippen LogP contribution in [0.4, 0.5) is 0 Å².